The maximum absolute atomic E-state index is 4.70. The van der Waals surface area contributed by atoms with Crippen molar-refractivity contribution in [1.29, 1.82) is 0 Å². The van der Waals surface area contributed by atoms with E-state index in [0.717, 1.165) is 11.4 Å². The van der Waals surface area contributed by atoms with Gasteiger partial charge in [-0.1, -0.05) is 45.0 Å². The summed E-state index contributed by atoms with van der Waals surface area (Å²) in [6.07, 6.45) is 4.48. The molecule has 2 heterocycles. The Labute approximate surface area is 136 Å². The zero-order valence-electron chi connectivity index (χ0n) is 13.9. The molecule has 1 N–H and O–H groups in total. The molecule has 2 aliphatic carbocycles. The Morgan fingerprint density at radius 1 is 1.13 bits per heavy atom. The van der Waals surface area contributed by atoms with Crippen LogP contribution in [0.2, 0.25) is 0 Å². The van der Waals surface area contributed by atoms with Crippen LogP contribution in [-0.2, 0) is 5.41 Å². The Hall–Kier alpha value is -2.16. The molecule has 2 aromatic heterocycles. The third-order valence-electron chi connectivity index (χ3n) is 6.80. The van der Waals surface area contributed by atoms with E-state index < -0.39 is 0 Å². The number of fused-ring (bicyclic) bond motifs is 6. The van der Waals surface area contributed by atoms with Crippen molar-refractivity contribution in [3.63, 3.8) is 0 Å². The summed E-state index contributed by atoms with van der Waals surface area (Å²) in [5, 5.41) is 10.5. The number of pyridine rings is 1. The van der Waals surface area contributed by atoms with E-state index in [1.165, 1.54) is 34.9 Å². The standard InChI is InChI=1S/C20H21N3/c1-19(2)14-8-9-20(19,3)18-16(14)17(22-23-18)15-10-12-6-4-5-7-13(12)11-21-15/h4-7,10-11,14H,8-9H2,1-3H3,(H,22,23). The first-order valence-corrected chi connectivity index (χ1v) is 8.46. The highest BCUT2D eigenvalue weighted by atomic mass is 15.1. The van der Waals surface area contributed by atoms with Crippen LogP contribution in [0.5, 0.6) is 0 Å². The highest BCUT2D eigenvalue weighted by Gasteiger charge is 2.61. The summed E-state index contributed by atoms with van der Waals surface area (Å²) >= 11 is 0. The molecule has 3 heteroatoms. The first kappa shape index (κ1) is 13.3. The van der Waals surface area contributed by atoms with E-state index in [9.17, 15) is 0 Å². The number of benzene rings is 1. The van der Waals surface area contributed by atoms with E-state index in [1.54, 1.807) is 0 Å². The van der Waals surface area contributed by atoms with Gasteiger partial charge in [-0.25, -0.2) is 0 Å². The van der Waals surface area contributed by atoms with Crippen molar-refractivity contribution in [3.05, 3.63) is 47.8 Å². The van der Waals surface area contributed by atoms with Crippen molar-refractivity contribution >= 4 is 10.8 Å². The summed E-state index contributed by atoms with van der Waals surface area (Å²) < 4.78 is 0. The zero-order valence-corrected chi connectivity index (χ0v) is 13.9. The van der Waals surface area contributed by atoms with Gasteiger partial charge in [-0.3, -0.25) is 10.1 Å². The summed E-state index contributed by atoms with van der Waals surface area (Å²) in [4.78, 5) is 4.70. The van der Waals surface area contributed by atoms with Crippen LogP contribution < -0.4 is 0 Å². The molecule has 0 saturated heterocycles. The second kappa shape index (κ2) is 4.02. The lowest BCUT2D eigenvalue weighted by molar-refractivity contribution is 0.225. The van der Waals surface area contributed by atoms with Crippen molar-refractivity contribution in [2.24, 2.45) is 5.41 Å². The van der Waals surface area contributed by atoms with Crippen LogP contribution in [0.25, 0.3) is 22.2 Å². The molecule has 0 amide bonds. The largest absolute Gasteiger partial charge is 0.281 e. The molecule has 0 aliphatic heterocycles. The molecule has 2 aliphatic rings. The molecule has 23 heavy (non-hydrogen) atoms. The SMILES string of the molecule is CC12CCC(c3c(-c4cc5ccccc5cn4)n[nH]c31)C2(C)C. The average Bonchev–Trinajstić information content (AvgIpc) is 3.13. The number of nitrogens with one attached hydrogen (secondary N) is 1. The second-order valence-electron chi connectivity index (χ2n) is 7.92. The maximum Gasteiger partial charge on any atom is 0.114 e. The maximum atomic E-state index is 4.70. The number of hydrogen-bond acceptors (Lipinski definition) is 2. The van der Waals surface area contributed by atoms with Gasteiger partial charge in [0.25, 0.3) is 0 Å². The molecule has 0 spiro atoms. The fourth-order valence-corrected chi connectivity index (χ4v) is 4.97. The molecule has 3 aromatic rings. The van der Waals surface area contributed by atoms with Gasteiger partial charge in [-0.15, -0.1) is 0 Å². The summed E-state index contributed by atoms with van der Waals surface area (Å²) in [5.41, 5.74) is 5.34. The van der Waals surface area contributed by atoms with Gasteiger partial charge in [0.2, 0.25) is 0 Å². The number of aromatic amines is 1. The Balaban J connectivity index is 1.72. The van der Waals surface area contributed by atoms with Gasteiger partial charge >= 0.3 is 0 Å². The summed E-state index contributed by atoms with van der Waals surface area (Å²) in [6.45, 7) is 7.22. The van der Waals surface area contributed by atoms with Crippen molar-refractivity contribution in [1.82, 2.24) is 15.2 Å². The fraction of sp³-hybridized carbons (Fsp3) is 0.400. The van der Waals surface area contributed by atoms with Crippen LogP contribution in [-0.4, -0.2) is 15.2 Å². The van der Waals surface area contributed by atoms with Gasteiger partial charge in [0.1, 0.15) is 5.69 Å². The Kier molecular flexibility index (Phi) is 2.33. The number of H-pyrrole nitrogens is 1. The van der Waals surface area contributed by atoms with Crippen LogP contribution in [0.3, 0.4) is 0 Å². The molecule has 3 nitrogen and oxygen atoms in total. The van der Waals surface area contributed by atoms with E-state index in [4.69, 9.17) is 4.98 Å². The highest BCUT2D eigenvalue weighted by Crippen LogP contribution is 2.68. The molecule has 0 radical (unpaired) electrons. The highest BCUT2D eigenvalue weighted by molar-refractivity contribution is 5.85. The zero-order chi connectivity index (χ0) is 15.8. The van der Waals surface area contributed by atoms with Crippen molar-refractivity contribution in [2.75, 3.05) is 0 Å². The first-order valence-electron chi connectivity index (χ1n) is 8.46. The summed E-state index contributed by atoms with van der Waals surface area (Å²) in [7, 11) is 0. The first-order chi connectivity index (χ1) is 11.0. The van der Waals surface area contributed by atoms with Crippen LogP contribution in [0.4, 0.5) is 0 Å². The molecule has 2 atom stereocenters. The van der Waals surface area contributed by atoms with Gasteiger partial charge < -0.3 is 0 Å². The smallest absolute Gasteiger partial charge is 0.114 e. The Bertz CT molecular complexity index is 937. The predicted molar refractivity (Wildman–Crippen MR) is 92.4 cm³/mol. The number of nitrogens with zero attached hydrogens (tertiary/aromatic N) is 2. The minimum atomic E-state index is 0.217. The van der Waals surface area contributed by atoms with Crippen LogP contribution >= 0.6 is 0 Å². The van der Waals surface area contributed by atoms with E-state index >= 15 is 0 Å². The van der Waals surface area contributed by atoms with Crippen molar-refractivity contribution in [3.8, 4) is 11.4 Å². The second-order valence-corrected chi connectivity index (χ2v) is 7.92. The van der Waals surface area contributed by atoms with Gasteiger partial charge in [-0.05, 0) is 35.6 Å². The quantitative estimate of drug-likeness (QED) is 0.701. The molecule has 1 aromatic carbocycles. The molecule has 5 rings (SSSR count). The molecule has 116 valence electrons. The van der Waals surface area contributed by atoms with E-state index in [2.05, 4.69) is 61.3 Å². The number of aromatic nitrogens is 3. The van der Waals surface area contributed by atoms with Crippen LogP contribution in [0.15, 0.2) is 36.5 Å². The molecule has 2 bridgehead atoms. The lowest BCUT2D eigenvalue weighted by Crippen LogP contribution is -2.32. The van der Waals surface area contributed by atoms with E-state index in [-0.39, 0.29) is 5.41 Å². The topological polar surface area (TPSA) is 41.6 Å². The van der Waals surface area contributed by atoms with Crippen molar-refractivity contribution in [2.45, 2.75) is 44.9 Å². The van der Waals surface area contributed by atoms with Gasteiger partial charge in [0.15, 0.2) is 0 Å². The lowest BCUT2D eigenvalue weighted by atomic mass is 9.70. The number of hydrogen-bond donors (Lipinski definition) is 1. The monoisotopic (exact) mass is 303 g/mol. The van der Waals surface area contributed by atoms with Gasteiger partial charge in [0.05, 0.1) is 5.69 Å². The Morgan fingerprint density at radius 3 is 2.74 bits per heavy atom. The van der Waals surface area contributed by atoms with Crippen LogP contribution in [0, 0.1) is 5.41 Å². The van der Waals surface area contributed by atoms with E-state index in [0.29, 0.717) is 11.3 Å². The lowest BCUT2D eigenvalue weighted by Gasteiger charge is -2.34. The van der Waals surface area contributed by atoms with Crippen molar-refractivity contribution < 1.29 is 0 Å². The fourth-order valence-electron chi connectivity index (χ4n) is 4.97. The molecule has 1 fully saturated rings. The van der Waals surface area contributed by atoms with Gasteiger partial charge in [0, 0.05) is 28.3 Å². The third-order valence-corrected chi connectivity index (χ3v) is 6.80. The Morgan fingerprint density at radius 2 is 1.91 bits per heavy atom. The normalized spacial score (nSPS) is 27.5. The van der Waals surface area contributed by atoms with E-state index in [1.807, 2.05) is 6.20 Å². The summed E-state index contributed by atoms with van der Waals surface area (Å²) in [5.74, 6) is 0.588. The predicted octanol–water partition coefficient (Wildman–Crippen LogP) is 4.80. The summed E-state index contributed by atoms with van der Waals surface area (Å²) in [6, 6.07) is 10.6. The molecule has 2 unspecified atom stereocenters. The molecular formula is C20H21N3. The number of rotatable bonds is 1. The minimum absolute atomic E-state index is 0.217. The van der Waals surface area contributed by atoms with Crippen LogP contribution in [0.1, 0.15) is 50.8 Å². The van der Waals surface area contributed by atoms with Gasteiger partial charge in [-0.2, -0.15) is 5.10 Å². The molecule has 1 saturated carbocycles. The third kappa shape index (κ3) is 1.46. The average molecular weight is 303 g/mol. The minimum Gasteiger partial charge on any atom is -0.281 e. The molecular weight excluding hydrogens is 282 g/mol.